The number of piperazine rings is 1. The lowest BCUT2D eigenvalue weighted by atomic mass is 10.1. The molecule has 1 aromatic carbocycles. The minimum absolute atomic E-state index is 0.0141. The molecule has 3 rings (SSSR count). The average molecular weight is 411 g/mol. The number of ketones is 1. The SMILES string of the molecule is CCn1c(C)cc(C(=O)CN2CCN(CC(=O)Nc3cccc(C)c3C)CC2)c1C. The molecule has 6 heteroatoms. The molecule has 30 heavy (non-hydrogen) atoms. The van der Waals surface area contributed by atoms with Gasteiger partial charge >= 0.3 is 0 Å². The van der Waals surface area contributed by atoms with Crippen LogP contribution in [0.1, 0.15) is 39.8 Å². The van der Waals surface area contributed by atoms with Gasteiger partial charge in [0.2, 0.25) is 5.91 Å². The number of aromatic nitrogens is 1. The van der Waals surface area contributed by atoms with Crippen LogP contribution < -0.4 is 5.32 Å². The molecule has 0 bridgehead atoms. The van der Waals surface area contributed by atoms with Crippen molar-refractivity contribution in [2.24, 2.45) is 0 Å². The molecule has 0 spiro atoms. The van der Waals surface area contributed by atoms with Crippen LogP contribution in [0.4, 0.5) is 5.69 Å². The van der Waals surface area contributed by atoms with Crippen molar-refractivity contribution in [1.82, 2.24) is 14.4 Å². The van der Waals surface area contributed by atoms with Gasteiger partial charge in [-0.2, -0.15) is 0 Å². The first-order chi connectivity index (χ1) is 14.3. The first kappa shape index (κ1) is 22.2. The number of anilines is 1. The van der Waals surface area contributed by atoms with E-state index in [1.54, 1.807) is 0 Å². The normalized spacial score (nSPS) is 15.4. The van der Waals surface area contributed by atoms with Crippen LogP contribution in [0.5, 0.6) is 0 Å². The van der Waals surface area contributed by atoms with E-state index >= 15 is 0 Å². The van der Waals surface area contributed by atoms with Crippen LogP contribution in [0.25, 0.3) is 0 Å². The monoisotopic (exact) mass is 410 g/mol. The third-order valence-electron chi connectivity index (χ3n) is 6.27. The minimum Gasteiger partial charge on any atom is -0.349 e. The number of nitrogens with one attached hydrogen (secondary N) is 1. The van der Waals surface area contributed by atoms with E-state index in [0.29, 0.717) is 13.1 Å². The quantitative estimate of drug-likeness (QED) is 0.713. The lowest BCUT2D eigenvalue weighted by Crippen LogP contribution is -2.49. The molecule has 0 aliphatic carbocycles. The van der Waals surface area contributed by atoms with E-state index in [1.165, 1.54) is 5.56 Å². The highest BCUT2D eigenvalue weighted by atomic mass is 16.2. The van der Waals surface area contributed by atoms with E-state index in [-0.39, 0.29) is 11.7 Å². The van der Waals surface area contributed by atoms with Crippen LogP contribution in [-0.4, -0.2) is 65.3 Å². The van der Waals surface area contributed by atoms with Crippen molar-refractivity contribution in [3.05, 3.63) is 52.3 Å². The minimum atomic E-state index is 0.0141. The smallest absolute Gasteiger partial charge is 0.238 e. The van der Waals surface area contributed by atoms with Gasteiger partial charge in [-0.1, -0.05) is 12.1 Å². The van der Waals surface area contributed by atoms with Gasteiger partial charge in [0.15, 0.2) is 5.78 Å². The lowest BCUT2D eigenvalue weighted by Gasteiger charge is -2.33. The number of amides is 1. The van der Waals surface area contributed by atoms with Crippen LogP contribution in [-0.2, 0) is 11.3 Å². The predicted octanol–water partition coefficient (Wildman–Crippen LogP) is 3.18. The van der Waals surface area contributed by atoms with Gasteiger partial charge in [-0.05, 0) is 57.9 Å². The molecule has 0 unspecified atom stereocenters. The van der Waals surface area contributed by atoms with E-state index in [9.17, 15) is 9.59 Å². The summed E-state index contributed by atoms with van der Waals surface area (Å²) in [6.07, 6.45) is 0. The molecule has 1 amide bonds. The van der Waals surface area contributed by atoms with E-state index < -0.39 is 0 Å². The van der Waals surface area contributed by atoms with Crippen LogP contribution in [0.15, 0.2) is 24.3 Å². The molecule has 1 N–H and O–H groups in total. The summed E-state index contributed by atoms with van der Waals surface area (Å²) in [6, 6.07) is 7.96. The first-order valence-electron chi connectivity index (χ1n) is 10.8. The number of rotatable bonds is 7. The zero-order valence-corrected chi connectivity index (χ0v) is 18.9. The number of carbonyl (C=O) groups is 2. The van der Waals surface area contributed by atoms with E-state index in [2.05, 4.69) is 33.5 Å². The summed E-state index contributed by atoms with van der Waals surface area (Å²) in [5.74, 6) is 0.198. The molecule has 1 saturated heterocycles. The summed E-state index contributed by atoms with van der Waals surface area (Å²) in [7, 11) is 0. The van der Waals surface area contributed by atoms with E-state index in [4.69, 9.17) is 0 Å². The third kappa shape index (κ3) is 4.99. The molecule has 2 heterocycles. The van der Waals surface area contributed by atoms with Gasteiger partial charge in [-0.15, -0.1) is 0 Å². The fraction of sp³-hybridized carbons (Fsp3) is 0.500. The predicted molar refractivity (Wildman–Crippen MR) is 121 cm³/mol. The van der Waals surface area contributed by atoms with E-state index in [0.717, 1.165) is 60.9 Å². The summed E-state index contributed by atoms with van der Waals surface area (Å²) in [5, 5.41) is 3.03. The fourth-order valence-corrected chi connectivity index (χ4v) is 4.24. The highest BCUT2D eigenvalue weighted by Gasteiger charge is 2.23. The highest BCUT2D eigenvalue weighted by Crippen LogP contribution is 2.18. The molecule has 1 aromatic heterocycles. The first-order valence-corrected chi connectivity index (χ1v) is 10.8. The van der Waals surface area contributed by atoms with Crippen LogP contribution in [0.2, 0.25) is 0 Å². The van der Waals surface area contributed by atoms with Crippen LogP contribution in [0, 0.1) is 27.7 Å². The Hall–Kier alpha value is -2.44. The van der Waals surface area contributed by atoms with Crippen molar-refractivity contribution in [3.63, 3.8) is 0 Å². The number of benzene rings is 1. The summed E-state index contributed by atoms with van der Waals surface area (Å²) < 4.78 is 2.18. The molecule has 1 fully saturated rings. The Morgan fingerprint density at radius 3 is 2.20 bits per heavy atom. The number of Topliss-reactive ketones (excluding diaryl/α,β-unsaturated/α-hetero) is 1. The maximum Gasteiger partial charge on any atom is 0.238 e. The Morgan fingerprint density at radius 1 is 0.967 bits per heavy atom. The number of hydrogen-bond acceptors (Lipinski definition) is 4. The number of carbonyl (C=O) groups excluding carboxylic acids is 2. The molecular weight excluding hydrogens is 376 g/mol. The molecule has 0 saturated carbocycles. The van der Waals surface area contributed by atoms with Crippen molar-refractivity contribution in [2.75, 3.05) is 44.6 Å². The second-order valence-corrected chi connectivity index (χ2v) is 8.30. The summed E-state index contributed by atoms with van der Waals surface area (Å²) in [6.45, 7) is 15.1. The van der Waals surface area contributed by atoms with Gasteiger partial charge < -0.3 is 9.88 Å². The van der Waals surface area contributed by atoms with Crippen molar-refractivity contribution >= 4 is 17.4 Å². The Bertz CT molecular complexity index is 924. The molecule has 0 radical (unpaired) electrons. The number of aryl methyl sites for hydroxylation is 2. The van der Waals surface area contributed by atoms with Crippen molar-refractivity contribution in [3.8, 4) is 0 Å². The van der Waals surface area contributed by atoms with Gasteiger partial charge in [-0.3, -0.25) is 19.4 Å². The third-order valence-corrected chi connectivity index (χ3v) is 6.27. The second-order valence-electron chi connectivity index (χ2n) is 8.30. The van der Waals surface area contributed by atoms with Crippen molar-refractivity contribution in [1.29, 1.82) is 0 Å². The zero-order valence-electron chi connectivity index (χ0n) is 18.9. The fourth-order valence-electron chi connectivity index (χ4n) is 4.24. The molecule has 1 aliphatic rings. The maximum absolute atomic E-state index is 12.8. The van der Waals surface area contributed by atoms with Gasteiger partial charge in [-0.25, -0.2) is 0 Å². The summed E-state index contributed by atoms with van der Waals surface area (Å²) >= 11 is 0. The van der Waals surface area contributed by atoms with Gasteiger partial charge in [0.1, 0.15) is 0 Å². The second kappa shape index (κ2) is 9.58. The van der Waals surface area contributed by atoms with Gasteiger partial charge in [0.25, 0.3) is 0 Å². The molecule has 2 aromatic rings. The molecule has 1 aliphatic heterocycles. The summed E-state index contributed by atoms with van der Waals surface area (Å²) in [5.41, 5.74) is 6.20. The number of nitrogens with zero attached hydrogens (tertiary/aromatic N) is 3. The highest BCUT2D eigenvalue weighted by molar-refractivity contribution is 5.99. The average Bonchev–Trinajstić information content (AvgIpc) is 3.00. The Labute approximate surface area is 179 Å². The van der Waals surface area contributed by atoms with Crippen LogP contribution >= 0.6 is 0 Å². The molecular formula is C24H34N4O2. The van der Waals surface area contributed by atoms with Gasteiger partial charge in [0.05, 0.1) is 13.1 Å². The largest absolute Gasteiger partial charge is 0.349 e. The standard InChI is InChI=1S/C24H34N4O2/c1-6-28-18(3)14-21(20(28)5)23(29)15-26-10-12-27(13-11-26)16-24(30)25-22-9-7-8-17(2)19(22)4/h7-9,14H,6,10-13,15-16H2,1-5H3,(H,25,30). The zero-order chi connectivity index (χ0) is 21.8. The van der Waals surface area contributed by atoms with Crippen molar-refractivity contribution < 1.29 is 9.59 Å². The van der Waals surface area contributed by atoms with Crippen molar-refractivity contribution in [2.45, 2.75) is 41.2 Å². The molecule has 6 nitrogen and oxygen atoms in total. The molecule has 162 valence electrons. The molecule has 0 atom stereocenters. The lowest BCUT2D eigenvalue weighted by molar-refractivity contribution is -0.117. The maximum atomic E-state index is 12.8. The van der Waals surface area contributed by atoms with Gasteiger partial charge in [0, 0.05) is 55.4 Å². The topological polar surface area (TPSA) is 57.6 Å². The van der Waals surface area contributed by atoms with E-state index in [1.807, 2.05) is 45.0 Å². The number of hydrogen-bond donors (Lipinski definition) is 1. The Balaban J connectivity index is 1.48. The Morgan fingerprint density at radius 2 is 1.60 bits per heavy atom. The van der Waals surface area contributed by atoms with Crippen LogP contribution in [0.3, 0.4) is 0 Å². The Kier molecular flexibility index (Phi) is 7.10. The summed E-state index contributed by atoms with van der Waals surface area (Å²) in [4.78, 5) is 29.6.